The van der Waals surface area contributed by atoms with Gasteiger partial charge in [-0.25, -0.2) is 0 Å². The number of ether oxygens (including phenoxy) is 2. The molecule has 0 aromatic heterocycles. The molecule has 2 N–H and O–H groups in total. The minimum Gasteiger partial charge on any atom is -0.508 e. The molecule has 1 fully saturated rings. The molecular formula is C22H28N3O4+. The van der Waals surface area contributed by atoms with Crippen LogP contribution in [0.25, 0.3) is 0 Å². The maximum atomic E-state index is 12.7. The Kier molecular flexibility index (Phi) is 5.76. The van der Waals surface area contributed by atoms with Gasteiger partial charge in [0.15, 0.2) is 24.1 Å². The van der Waals surface area contributed by atoms with Crippen molar-refractivity contribution in [1.82, 2.24) is 4.90 Å². The van der Waals surface area contributed by atoms with Crippen LogP contribution in [0.15, 0.2) is 48.5 Å². The number of fused-ring (bicyclic) bond motifs is 1. The molecular weight excluding hydrogens is 370 g/mol. The van der Waals surface area contributed by atoms with E-state index in [-0.39, 0.29) is 17.8 Å². The van der Waals surface area contributed by atoms with E-state index >= 15 is 0 Å². The van der Waals surface area contributed by atoms with E-state index in [9.17, 15) is 9.90 Å². The fourth-order valence-electron chi connectivity index (χ4n) is 3.83. The summed E-state index contributed by atoms with van der Waals surface area (Å²) >= 11 is 0. The van der Waals surface area contributed by atoms with Crippen LogP contribution in [0.1, 0.15) is 0 Å². The Balaban J connectivity index is 1.23. The number of hydrogen-bond donors (Lipinski definition) is 2. The molecule has 154 valence electrons. The third-order valence-corrected chi connectivity index (χ3v) is 5.56. The zero-order valence-electron chi connectivity index (χ0n) is 16.7. The minimum atomic E-state index is -0.153. The highest BCUT2D eigenvalue weighted by Crippen LogP contribution is 2.30. The van der Waals surface area contributed by atoms with Crippen molar-refractivity contribution in [2.75, 3.05) is 57.8 Å². The van der Waals surface area contributed by atoms with Gasteiger partial charge < -0.3 is 29.3 Å². The number of carbonyl (C=O) groups is 1. The molecule has 7 nitrogen and oxygen atoms in total. The number of rotatable bonds is 5. The number of anilines is 1. The van der Waals surface area contributed by atoms with Crippen molar-refractivity contribution >= 4 is 11.6 Å². The standard InChI is InChI=1S/C22H27N3O4/c1-23(14-19-16-28-20-4-2-3-5-21(20)29-19)22(27)15-24-10-12-25(13-11-24)17-6-8-18(26)9-7-17/h2-9,19,26H,10-16H2,1H3/p+1/t19-/m1/s1. The smallest absolute Gasteiger partial charge is 0.277 e. The number of hydrogen-bond acceptors (Lipinski definition) is 5. The normalized spacial score (nSPS) is 19.1. The van der Waals surface area contributed by atoms with Crippen LogP contribution in [0, 0.1) is 0 Å². The van der Waals surface area contributed by atoms with Crippen molar-refractivity contribution in [2.24, 2.45) is 0 Å². The number of amides is 1. The van der Waals surface area contributed by atoms with Gasteiger partial charge in [0.05, 0.1) is 32.7 Å². The number of nitrogens with zero attached hydrogens (tertiary/aromatic N) is 2. The third kappa shape index (κ3) is 4.74. The average molecular weight is 398 g/mol. The summed E-state index contributed by atoms with van der Waals surface area (Å²) in [7, 11) is 1.83. The van der Waals surface area contributed by atoms with E-state index in [0.29, 0.717) is 19.7 Å². The molecule has 0 aliphatic carbocycles. The second-order valence-corrected chi connectivity index (χ2v) is 7.70. The lowest BCUT2D eigenvalue weighted by Gasteiger charge is -2.34. The molecule has 0 radical (unpaired) electrons. The van der Waals surface area contributed by atoms with Gasteiger partial charge in [0.1, 0.15) is 12.4 Å². The maximum Gasteiger partial charge on any atom is 0.277 e. The monoisotopic (exact) mass is 398 g/mol. The van der Waals surface area contributed by atoms with Gasteiger partial charge in [0.25, 0.3) is 5.91 Å². The maximum absolute atomic E-state index is 12.7. The van der Waals surface area contributed by atoms with Crippen molar-refractivity contribution in [3.63, 3.8) is 0 Å². The quantitative estimate of drug-likeness (QED) is 0.763. The van der Waals surface area contributed by atoms with E-state index in [1.807, 2.05) is 43.4 Å². The lowest BCUT2D eigenvalue weighted by molar-refractivity contribution is -0.892. The Hall–Kier alpha value is -2.93. The summed E-state index contributed by atoms with van der Waals surface area (Å²) in [6.07, 6.45) is -0.153. The van der Waals surface area contributed by atoms with Crippen molar-refractivity contribution in [3.05, 3.63) is 48.5 Å². The first kappa shape index (κ1) is 19.4. The van der Waals surface area contributed by atoms with E-state index in [1.54, 1.807) is 17.0 Å². The number of para-hydroxylation sites is 2. The molecule has 2 aliphatic rings. The van der Waals surface area contributed by atoms with Gasteiger partial charge in [-0.3, -0.25) is 4.79 Å². The highest BCUT2D eigenvalue weighted by atomic mass is 16.6. The number of quaternary nitrogens is 1. The molecule has 0 saturated carbocycles. The summed E-state index contributed by atoms with van der Waals surface area (Å²) in [5.74, 6) is 1.90. The molecule has 7 heteroatoms. The zero-order chi connectivity index (χ0) is 20.2. The van der Waals surface area contributed by atoms with Gasteiger partial charge in [0, 0.05) is 12.7 Å². The van der Waals surface area contributed by atoms with E-state index in [1.165, 1.54) is 4.90 Å². The largest absolute Gasteiger partial charge is 0.508 e. The molecule has 2 aromatic carbocycles. The molecule has 1 saturated heterocycles. The topological polar surface area (TPSA) is 66.7 Å². The van der Waals surface area contributed by atoms with Crippen LogP contribution in [-0.2, 0) is 4.79 Å². The lowest BCUT2D eigenvalue weighted by Crippen LogP contribution is -3.15. The van der Waals surface area contributed by atoms with Crippen LogP contribution in [0.5, 0.6) is 17.2 Å². The van der Waals surface area contributed by atoms with Crippen molar-refractivity contribution in [1.29, 1.82) is 0 Å². The number of phenolic OH excluding ortho intramolecular Hbond substituents is 1. The van der Waals surface area contributed by atoms with Crippen LogP contribution < -0.4 is 19.3 Å². The predicted octanol–water partition coefficient (Wildman–Crippen LogP) is 0.396. The first-order chi connectivity index (χ1) is 14.1. The highest BCUT2D eigenvalue weighted by Gasteiger charge is 2.27. The van der Waals surface area contributed by atoms with Gasteiger partial charge in [-0.05, 0) is 36.4 Å². The summed E-state index contributed by atoms with van der Waals surface area (Å²) in [5.41, 5.74) is 1.11. The van der Waals surface area contributed by atoms with Crippen molar-refractivity contribution < 1.29 is 24.3 Å². The fourth-order valence-corrected chi connectivity index (χ4v) is 3.83. The molecule has 0 unspecified atom stereocenters. The van der Waals surface area contributed by atoms with Crippen molar-refractivity contribution in [2.45, 2.75) is 6.10 Å². The van der Waals surface area contributed by atoms with Gasteiger partial charge >= 0.3 is 0 Å². The first-order valence-electron chi connectivity index (χ1n) is 10.1. The summed E-state index contributed by atoms with van der Waals surface area (Å²) < 4.78 is 11.7. The Morgan fingerprint density at radius 3 is 2.55 bits per heavy atom. The summed E-state index contributed by atoms with van der Waals surface area (Å²) in [4.78, 5) is 18.0. The molecule has 2 aliphatic heterocycles. The molecule has 0 spiro atoms. The summed E-state index contributed by atoms with van der Waals surface area (Å²) in [6.45, 7) is 5.08. The third-order valence-electron chi connectivity index (χ3n) is 5.56. The van der Waals surface area contributed by atoms with Gasteiger partial charge in [-0.1, -0.05) is 12.1 Å². The molecule has 2 aromatic rings. The number of phenols is 1. The minimum absolute atomic E-state index is 0.126. The van der Waals surface area contributed by atoms with Crippen LogP contribution in [0.2, 0.25) is 0 Å². The van der Waals surface area contributed by atoms with Crippen LogP contribution in [-0.4, -0.2) is 74.9 Å². The number of benzene rings is 2. The number of likely N-dealkylation sites (N-methyl/N-ethyl adjacent to an activating group) is 1. The number of aromatic hydroxyl groups is 1. The number of carbonyl (C=O) groups excluding carboxylic acids is 1. The second-order valence-electron chi connectivity index (χ2n) is 7.70. The van der Waals surface area contributed by atoms with Crippen LogP contribution >= 0.6 is 0 Å². The molecule has 2 heterocycles. The fraction of sp³-hybridized carbons (Fsp3) is 0.409. The van der Waals surface area contributed by atoms with E-state index in [0.717, 1.165) is 43.4 Å². The summed E-state index contributed by atoms with van der Waals surface area (Å²) in [6, 6.07) is 14.9. The first-order valence-corrected chi connectivity index (χ1v) is 10.1. The molecule has 4 rings (SSSR count). The predicted molar refractivity (Wildman–Crippen MR) is 110 cm³/mol. The molecule has 1 amide bonds. The molecule has 1 atom stereocenters. The van der Waals surface area contributed by atoms with Crippen LogP contribution in [0.3, 0.4) is 0 Å². The lowest BCUT2D eigenvalue weighted by atomic mass is 10.2. The van der Waals surface area contributed by atoms with E-state index < -0.39 is 0 Å². The van der Waals surface area contributed by atoms with Gasteiger partial charge in [-0.2, -0.15) is 0 Å². The molecule has 0 bridgehead atoms. The SMILES string of the molecule is CN(C[C@@H]1COc2ccccc2O1)C(=O)C[NH+]1CCN(c2ccc(O)cc2)CC1. The Morgan fingerprint density at radius 2 is 1.83 bits per heavy atom. The number of nitrogens with one attached hydrogen (secondary N) is 1. The molecule has 29 heavy (non-hydrogen) atoms. The highest BCUT2D eigenvalue weighted by molar-refractivity contribution is 5.76. The average Bonchev–Trinajstić information content (AvgIpc) is 2.75. The zero-order valence-corrected chi connectivity index (χ0v) is 16.7. The van der Waals surface area contributed by atoms with Crippen molar-refractivity contribution in [3.8, 4) is 17.2 Å². The summed E-state index contributed by atoms with van der Waals surface area (Å²) in [5, 5.41) is 9.43. The Bertz CT molecular complexity index is 834. The van der Waals surface area contributed by atoms with Crippen LogP contribution in [0.4, 0.5) is 5.69 Å². The van der Waals surface area contributed by atoms with Gasteiger partial charge in [-0.15, -0.1) is 0 Å². The van der Waals surface area contributed by atoms with E-state index in [2.05, 4.69) is 4.90 Å². The Morgan fingerprint density at radius 1 is 1.14 bits per heavy atom. The Labute approximate surface area is 171 Å². The second kappa shape index (κ2) is 8.61. The number of piperazine rings is 1. The van der Waals surface area contributed by atoms with Gasteiger partial charge in [0.2, 0.25) is 0 Å². The van der Waals surface area contributed by atoms with E-state index in [4.69, 9.17) is 9.47 Å².